The second kappa shape index (κ2) is 6.48. The van der Waals surface area contributed by atoms with Crippen LogP contribution in [0.2, 0.25) is 0 Å². The van der Waals surface area contributed by atoms with E-state index >= 15 is 0 Å². The van der Waals surface area contributed by atoms with Gasteiger partial charge in [-0.25, -0.2) is 0 Å². The van der Waals surface area contributed by atoms with E-state index in [-0.39, 0.29) is 30.2 Å². The van der Waals surface area contributed by atoms with Crippen LogP contribution in [0.5, 0.6) is 11.5 Å². The molecule has 1 aromatic carbocycles. The first kappa shape index (κ1) is 15.6. The fraction of sp³-hybridized carbons (Fsp3) is 0.529. The lowest BCUT2D eigenvalue weighted by molar-refractivity contribution is -0.129. The molecule has 0 spiro atoms. The van der Waals surface area contributed by atoms with Crippen molar-refractivity contribution in [2.45, 2.75) is 32.7 Å². The van der Waals surface area contributed by atoms with Crippen LogP contribution in [-0.2, 0) is 9.59 Å². The number of fused-ring (bicyclic) bond motifs is 1. The van der Waals surface area contributed by atoms with Crippen LogP contribution in [0, 0.1) is 5.92 Å². The number of ether oxygens (including phenoxy) is 2. The molecule has 3 rings (SSSR count). The molecule has 2 heterocycles. The van der Waals surface area contributed by atoms with Crippen molar-refractivity contribution in [2.24, 2.45) is 5.92 Å². The second-order valence-corrected chi connectivity index (χ2v) is 6.05. The first-order valence-electron chi connectivity index (χ1n) is 8.08. The zero-order valence-corrected chi connectivity index (χ0v) is 13.5. The summed E-state index contributed by atoms with van der Waals surface area (Å²) in [6.45, 7) is 5.59. The van der Waals surface area contributed by atoms with E-state index in [4.69, 9.17) is 9.47 Å². The van der Waals surface area contributed by atoms with Crippen molar-refractivity contribution < 1.29 is 19.1 Å². The number of benzene rings is 1. The first-order chi connectivity index (χ1) is 11.1. The van der Waals surface area contributed by atoms with Gasteiger partial charge in [0.25, 0.3) is 0 Å². The lowest BCUT2D eigenvalue weighted by Gasteiger charge is -2.23. The van der Waals surface area contributed by atoms with E-state index in [0.29, 0.717) is 36.9 Å². The fourth-order valence-corrected chi connectivity index (χ4v) is 2.92. The summed E-state index contributed by atoms with van der Waals surface area (Å²) in [5.74, 6) is 0.957. The highest BCUT2D eigenvalue weighted by molar-refractivity contribution is 5.97. The van der Waals surface area contributed by atoms with Gasteiger partial charge in [0, 0.05) is 30.8 Å². The molecule has 1 saturated heterocycles. The maximum absolute atomic E-state index is 12.4. The van der Waals surface area contributed by atoms with Crippen molar-refractivity contribution in [2.75, 3.05) is 25.1 Å². The smallest absolute Gasteiger partial charge is 0.229 e. The van der Waals surface area contributed by atoms with Crippen LogP contribution in [0.3, 0.4) is 0 Å². The SMILES string of the molecule is CCC(C)N1CC(C(=O)Nc2ccc3c(c2)OCCO3)CC1=O. The Morgan fingerprint density at radius 2 is 2.09 bits per heavy atom. The molecule has 0 saturated carbocycles. The number of rotatable bonds is 4. The third-order valence-corrected chi connectivity index (χ3v) is 4.46. The number of hydrogen-bond acceptors (Lipinski definition) is 4. The van der Waals surface area contributed by atoms with Crippen molar-refractivity contribution >= 4 is 17.5 Å². The average Bonchev–Trinajstić information content (AvgIpc) is 2.96. The Bertz CT molecular complexity index is 617. The number of likely N-dealkylation sites (tertiary alicyclic amines) is 1. The summed E-state index contributed by atoms with van der Waals surface area (Å²) in [5.41, 5.74) is 0.661. The topological polar surface area (TPSA) is 67.9 Å². The van der Waals surface area contributed by atoms with Crippen LogP contribution < -0.4 is 14.8 Å². The van der Waals surface area contributed by atoms with Crippen LogP contribution in [0.4, 0.5) is 5.69 Å². The van der Waals surface area contributed by atoms with Crippen LogP contribution >= 0.6 is 0 Å². The van der Waals surface area contributed by atoms with E-state index in [1.165, 1.54) is 0 Å². The standard InChI is InChI=1S/C17H22N2O4/c1-3-11(2)19-10-12(8-16(19)20)17(21)18-13-4-5-14-15(9-13)23-7-6-22-14/h4-5,9,11-12H,3,6-8,10H2,1-2H3,(H,18,21). The lowest BCUT2D eigenvalue weighted by Crippen LogP contribution is -2.35. The van der Waals surface area contributed by atoms with E-state index in [1.54, 1.807) is 23.1 Å². The van der Waals surface area contributed by atoms with Gasteiger partial charge in [0.2, 0.25) is 11.8 Å². The summed E-state index contributed by atoms with van der Waals surface area (Å²) in [7, 11) is 0. The number of anilines is 1. The Balaban J connectivity index is 1.64. The van der Waals surface area contributed by atoms with E-state index in [0.717, 1.165) is 6.42 Å². The van der Waals surface area contributed by atoms with E-state index in [9.17, 15) is 9.59 Å². The molecule has 0 bridgehead atoms. The minimum atomic E-state index is -0.301. The van der Waals surface area contributed by atoms with Gasteiger partial charge in [-0.05, 0) is 25.5 Å². The maximum Gasteiger partial charge on any atom is 0.229 e. The molecular weight excluding hydrogens is 296 g/mol. The van der Waals surface area contributed by atoms with Gasteiger partial charge in [-0.1, -0.05) is 6.92 Å². The molecule has 6 nitrogen and oxygen atoms in total. The number of nitrogens with zero attached hydrogens (tertiary/aromatic N) is 1. The molecule has 2 atom stereocenters. The molecule has 2 amide bonds. The van der Waals surface area contributed by atoms with Crippen molar-refractivity contribution in [3.05, 3.63) is 18.2 Å². The Hall–Kier alpha value is -2.24. The van der Waals surface area contributed by atoms with Crippen molar-refractivity contribution in [3.8, 4) is 11.5 Å². The number of nitrogens with one attached hydrogen (secondary N) is 1. The molecule has 2 aliphatic rings. The van der Waals surface area contributed by atoms with Crippen molar-refractivity contribution in [1.82, 2.24) is 4.90 Å². The number of hydrogen-bond donors (Lipinski definition) is 1. The number of carbonyl (C=O) groups excluding carboxylic acids is 2. The summed E-state index contributed by atoms with van der Waals surface area (Å²) >= 11 is 0. The number of carbonyl (C=O) groups is 2. The minimum Gasteiger partial charge on any atom is -0.486 e. The Kier molecular flexibility index (Phi) is 4.41. The van der Waals surface area contributed by atoms with Gasteiger partial charge in [0.1, 0.15) is 13.2 Å². The summed E-state index contributed by atoms with van der Waals surface area (Å²) in [4.78, 5) is 26.3. The summed E-state index contributed by atoms with van der Waals surface area (Å²) in [5, 5.41) is 2.88. The third kappa shape index (κ3) is 3.25. The first-order valence-corrected chi connectivity index (χ1v) is 8.08. The third-order valence-electron chi connectivity index (χ3n) is 4.46. The largest absolute Gasteiger partial charge is 0.486 e. The van der Waals surface area contributed by atoms with E-state index < -0.39 is 0 Å². The van der Waals surface area contributed by atoms with Gasteiger partial charge in [-0.15, -0.1) is 0 Å². The average molecular weight is 318 g/mol. The summed E-state index contributed by atoms with van der Waals surface area (Å²) < 4.78 is 11.0. The zero-order chi connectivity index (χ0) is 16.4. The van der Waals surface area contributed by atoms with Gasteiger partial charge in [0.05, 0.1) is 5.92 Å². The van der Waals surface area contributed by atoms with Gasteiger partial charge >= 0.3 is 0 Å². The molecule has 1 fully saturated rings. The van der Waals surface area contributed by atoms with E-state index in [1.807, 2.05) is 13.8 Å². The zero-order valence-electron chi connectivity index (χ0n) is 13.5. The van der Waals surface area contributed by atoms with Crippen LogP contribution in [0.25, 0.3) is 0 Å². The van der Waals surface area contributed by atoms with Crippen LogP contribution in [0.1, 0.15) is 26.7 Å². The predicted molar refractivity (Wildman–Crippen MR) is 85.6 cm³/mol. The Labute approximate surface area is 135 Å². The van der Waals surface area contributed by atoms with Crippen LogP contribution in [0.15, 0.2) is 18.2 Å². The molecule has 1 N–H and O–H groups in total. The van der Waals surface area contributed by atoms with E-state index in [2.05, 4.69) is 5.32 Å². The lowest BCUT2D eigenvalue weighted by atomic mass is 10.1. The molecule has 2 aliphatic heterocycles. The summed E-state index contributed by atoms with van der Waals surface area (Å²) in [6, 6.07) is 5.51. The van der Waals surface area contributed by atoms with Crippen molar-refractivity contribution in [1.29, 1.82) is 0 Å². The Morgan fingerprint density at radius 1 is 1.35 bits per heavy atom. The van der Waals surface area contributed by atoms with Gasteiger partial charge < -0.3 is 19.7 Å². The molecular formula is C17H22N2O4. The maximum atomic E-state index is 12.4. The van der Waals surface area contributed by atoms with Crippen molar-refractivity contribution in [3.63, 3.8) is 0 Å². The molecule has 2 unspecified atom stereocenters. The van der Waals surface area contributed by atoms with Gasteiger partial charge in [-0.3, -0.25) is 9.59 Å². The highest BCUT2D eigenvalue weighted by Crippen LogP contribution is 2.33. The quantitative estimate of drug-likeness (QED) is 0.922. The predicted octanol–water partition coefficient (Wildman–Crippen LogP) is 2.04. The highest BCUT2D eigenvalue weighted by atomic mass is 16.6. The normalized spacial score (nSPS) is 21.2. The molecule has 1 aromatic rings. The highest BCUT2D eigenvalue weighted by Gasteiger charge is 2.36. The molecule has 6 heteroatoms. The number of amides is 2. The molecule has 0 aliphatic carbocycles. The van der Waals surface area contributed by atoms with Gasteiger partial charge in [0.15, 0.2) is 11.5 Å². The van der Waals surface area contributed by atoms with Gasteiger partial charge in [-0.2, -0.15) is 0 Å². The minimum absolute atomic E-state index is 0.0571. The monoisotopic (exact) mass is 318 g/mol. The molecule has 124 valence electrons. The molecule has 23 heavy (non-hydrogen) atoms. The molecule has 0 radical (unpaired) electrons. The fourth-order valence-electron chi connectivity index (χ4n) is 2.92. The van der Waals surface area contributed by atoms with Crippen LogP contribution in [-0.4, -0.2) is 42.5 Å². The Morgan fingerprint density at radius 3 is 2.83 bits per heavy atom. The summed E-state index contributed by atoms with van der Waals surface area (Å²) in [6.07, 6.45) is 1.17. The molecule has 0 aromatic heterocycles. The second-order valence-electron chi connectivity index (χ2n) is 6.05.